The monoisotopic (exact) mass is 763 g/mol. The van der Waals surface area contributed by atoms with Gasteiger partial charge in [-0.05, 0) is 110 Å². The van der Waals surface area contributed by atoms with Crippen LogP contribution in [0, 0.1) is 0 Å². The number of hydrogen-bond donors (Lipinski definition) is 0. The van der Waals surface area contributed by atoms with Crippen molar-refractivity contribution < 1.29 is 21.4 Å². The molecule has 0 radical (unpaired) electrons. The number of allylic oxidation sites excluding steroid dienone is 8. The second-order valence-electron chi connectivity index (χ2n) is 15.0. The predicted octanol–water partition coefficient (Wildman–Crippen LogP) is 9.83. The smallest absolute Gasteiger partial charge is 0.209 e. The first-order valence-corrected chi connectivity index (χ1v) is 21.1. The standard InChI is InChI=1S/C44H44ClN2O4S2/c1-43(2)36-28-34(52(48,49)32-16-9-7-10-17-32)22-24-38(36)46(5)40(43)26-20-30-14-13-15-31(42(30)45)21-27-41-44(3,4)37-29-35(23-25-39(37)47(41)6)53(50,51)33-18-11-8-12-19-33/h7-12,16-29H,13-15H2,1-6H3/q+1. The lowest BCUT2D eigenvalue weighted by atomic mass is 9.81. The minimum absolute atomic E-state index is 0.280. The van der Waals surface area contributed by atoms with Crippen molar-refractivity contribution >= 4 is 48.4 Å². The summed E-state index contributed by atoms with van der Waals surface area (Å²) in [5, 5.41) is 0.740. The largest absolute Gasteiger partial charge is 0.347 e. The van der Waals surface area contributed by atoms with Crippen LogP contribution in [0.2, 0.25) is 0 Å². The van der Waals surface area contributed by atoms with Crippen LogP contribution in [-0.4, -0.2) is 41.2 Å². The van der Waals surface area contributed by atoms with E-state index < -0.39 is 30.5 Å². The molecule has 53 heavy (non-hydrogen) atoms. The van der Waals surface area contributed by atoms with Gasteiger partial charge in [-0.15, -0.1) is 0 Å². The molecule has 0 amide bonds. The average Bonchev–Trinajstić information content (AvgIpc) is 3.47. The summed E-state index contributed by atoms with van der Waals surface area (Å²) in [5.41, 5.74) is 7.21. The lowest BCUT2D eigenvalue weighted by Crippen LogP contribution is -2.26. The highest BCUT2D eigenvalue weighted by atomic mass is 35.5. The molecule has 2 aliphatic heterocycles. The highest BCUT2D eigenvalue weighted by Gasteiger charge is 2.44. The van der Waals surface area contributed by atoms with Crippen molar-refractivity contribution in [1.29, 1.82) is 0 Å². The second-order valence-corrected chi connectivity index (χ2v) is 19.3. The minimum atomic E-state index is -3.65. The first-order chi connectivity index (χ1) is 25.1. The molecule has 0 unspecified atom stereocenters. The van der Waals surface area contributed by atoms with Crippen molar-refractivity contribution in [3.63, 3.8) is 0 Å². The van der Waals surface area contributed by atoms with Crippen molar-refractivity contribution in [1.82, 2.24) is 0 Å². The quantitative estimate of drug-likeness (QED) is 0.175. The molecule has 0 N–H and O–H groups in total. The van der Waals surface area contributed by atoms with E-state index in [0.29, 0.717) is 0 Å². The zero-order chi connectivity index (χ0) is 37.9. The van der Waals surface area contributed by atoms with E-state index in [2.05, 4.69) is 61.5 Å². The molecule has 2 heterocycles. The summed E-state index contributed by atoms with van der Waals surface area (Å²) in [7, 11) is -3.27. The van der Waals surface area contributed by atoms with Gasteiger partial charge in [-0.25, -0.2) is 16.8 Å². The van der Waals surface area contributed by atoms with Crippen LogP contribution in [0.25, 0.3) is 0 Å². The molecule has 3 aliphatic rings. The highest BCUT2D eigenvalue weighted by Crippen LogP contribution is 2.48. The molecule has 0 aromatic heterocycles. The molecule has 272 valence electrons. The Kier molecular flexibility index (Phi) is 9.32. The number of nitrogens with zero attached hydrogens (tertiary/aromatic N) is 2. The van der Waals surface area contributed by atoms with E-state index >= 15 is 0 Å². The van der Waals surface area contributed by atoms with Crippen LogP contribution in [0.5, 0.6) is 0 Å². The molecular formula is C44H44ClN2O4S2+. The third-order valence-electron chi connectivity index (χ3n) is 11.1. The van der Waals surface area contributed by atoms with Gasteiger partial charge in [0.05, 0.1) is 25.0 Å². The summed E-state index contributed by atoms with van der Waals surface area (Å²) < 4.78 is 56.0. The maximum Gasteiger partial charge on any atom is 0.209 e. The SMILES string of the molecule is CN1C(=CC=C2CCCC(C=CC3=[N+](C)c4ccc(S(=O)(=O)c5ccccc5)cc4C3(C)C)=C2Cl)C(C)(C)c2cc(S(=O)(=O)c3ccccc3)ccc21. The predicted molar refractivity (Wildman–Crippen MR) is 214 cm³/mol. The summed E-state index contributed by atoms with van der Waals surface area (Å²) in [6, 6.07) is 27.9. The minimum Gasteiger partial charge on any atom is -0.347 e. The zero-order valence-corrected chi connectivity index (χ0v) is 33.3. The molecule has 9 heteroatoms. The molecule has 0 saturated heterocycles. The van der Waals surface area contributed by atoms with Crippen molar-refractivity contribution in [3.05, 3.63) is 154 Å². The molecule has 0 bridgehead atoms. The zero-order valence-electron chi connectivity index (χ0n) is 30.9. The molecule has 0 atom stereocenters. The van der Waals surface area contributed by atoms with E-state index in [1.165, 1.54) is 0 Å². The van der Waals surface area contributed by atoms with Gasteiger partial charge in [0.15, 0.2) is 5.71 Å². The fraction of sp³-hybridized carbons (Fsp3) is 0.250. The Bertz CT molecular complexity index is 2530. The van der Waals surface area contributed by atoms with E-state index in [-0.39, 0.29) is 19.6 Å². The summed E-state index contributed by atoms with van der Waals surface area (Å²) >= 11 is 7.13. The van der Waals surface area contributed by atoms with Gasteiger partial charge in [0.1, 0.15) is 7.05 Å². The number of fused-ring (bicyclic) bond motifs is 2. The van der Waals surface area contributed by atoms with Crippen LogP contribution in [0.3, 0.4) is 0 Å². The number of anilines is 1. The normalized spacial score (nSPS) is 19.8. The molecule has 6 nitrogen and oxygen atoms in total. The Labute approximate surface area is 319 Å². The lowest BCUT2D eigenvalue weighted by molar-refractivity contribution is -0.401. The first kappa shape index (κ1) is 36.8. The van der Waals surface area contributed by atoms with Crippen LogP contribution >= 0.6 is 11.6 Å². The van der Waals surface area contributed by atoms with Gasteiger partial charge in [0.2, 0.25) is 25.4 Å². The van der Waals surface area contributed by atoms with Gasteiger partial charge >= 0.3 is 0 Å². The van der Waals surface area contributed by atoms with Gasteiger partial charge in [-0.2, -0.15) is 4.58 Å². The molecule has 0 fully saturated rings. The second kappa shape index (κ2) is 13.4. The number of likely N-dealkylation sites (N-methyl/N-ethyl adjacent to an activating group) is 1. The Morgan fingerprint density at radius 2 is 1.25 bits per heavy atom. The van der Waals surface area contributed by atoms with E-state index in [4.69, 9.17) is 11.6 Å². The topological polar surface area (TPSA) is 74.5 Å². The van der Waals surface area contributed by atoms with Gasteiger partial charge in [-0.3, -0.25) is 0 Å². The summed E-state index contributed by atoms with van der Waals surface area (Å²) in [4.78, 5) is 3.27. The van der Waals surface area contributed by atoms with E-state index in [0.717, 1.165) is 69.4 Å². The van der Waals surface area contributed by atoms with E-state index in [1.54, 1.807) is 60.7 Å². The molecule has 1 aliphatic carbocycles. The van der Waals surface area contributed by atoms with E-state index in [1.807, 2.05) is 50.5 Å². The van der Waals surface area contributed by atoms with Gasteiger partial charge in [0.25, 0.3) is 0 Å². The maximum atomic E-state index is 13.5. The van der Waals surface area contributed by atoms with E-state index in [9.17, 15) is 16.8 Å². The number of halogens is 1. The fourth-order valence-corrected chi connectivity index (χ4v) is 10.9. The summed E-state index contributed by atoms with van der Waals surface area (Å²) in [6.07, 6.45) is 11.1. The molecule has 0 saturated carbocycles. The molecule has 4 aromatic carbocycles. The van der Waals surface area contributed by atoms with Gasteiger partial charge in [-0.1, -0.05) is 74.0 Å². The Morgan fingerprint density at radius 3 is 1.85 bits per heavy atom. The van der Waals surface area contributed by atoms with Crippen molar-refractivity contribution in [2.75, 3.05) is 19.0 Å². The summed E-state index contributed by atoms with van der Waals surface area (Å²) in [5.74, 6) is 0. The van der Waals surface area contributed by atoms with Crippen molar-refractivity contribution in [2.24, 2.45) is 0 Å². The van der Waals surface area contributed by atoms with Crippen molar-refractivity contribution in [2.45, 2.75) is 77.4 Å². The molecule has 4 aromatic rings. The van der Waals surface area contributed by atoms with Crippen LogP contribution in [0.15, 0.2) is 163 Å². The summed E-state index contributed by atoms with van der Waals surface area (Å²) in [6.45, 7) is 8.50. The lowest BCUT2D eigenvalue weighted by Gasteiger charge is -2.24. The van der Waals surface area contributed by atoms with Gasteiger partial charge < -0.3 is 4.90 Å². The van der Waals surface area contributed by atoms with Gasteiger partial charge in [0, 0.05) is 46.6 Å². The third-order valence-corrected chi connectivity index (χ3v) is 15.1. The Hall–Kier alpha value is -4.50. The van der Waals surface area contributed by atoms with Crippen LogP contribution in [0.1, 0.15) is 58.1 Å². The highest BCUT2D eigenvalue weighted by molar-refractivity contribution is 7.91. The fourth-order valence-electron chi connectivity index (χ4n) is 8.00. The first-order valence-electron chi connectivity index (χ1n) is 17.8. The number of rotatable bonds is 7. The number of sulfone groups is 2. The van der Waals surface area contributed by atoms with Crippen LogP contribution in [0.4, 0.5) is 11.4 Å². The van der Waals surface area contributed by atoms with Crippen molar-refractivity contribution in [3.8, 4) is 0 Å². The number of hydrogen-bond acceptors (Lipinski definition) is 5. The van der Waals surface area contributed by atoms with Crippen LogP contribution < -0.4 is 4.90 Å². The average molecular weight is 764 g/mol. The van der Waals surface area contributed by atoms with Crippen LogP contribution in [-0.2, 0) is 30.5 Å². The Balaban J connectivity index is 1.16. The third kappa shape index (κ3) is 6.24. The molecular weight excluding hydrogens is 720 g/mol. The number of benzene rings is 4. The Morgan fingerprint density at radius 1 is 0.679 bits per heavy atom. The maximum absolute atomic E-state index is 13.5. The molecule has 7 rings (SSSR count). The molecule has 0 spiro atoms.